The largest absolute Gasteiger partial charge is 2.00 e. The van der Waals surface area contributed by atoms with E-state index in [1.54, 1.807) is 12.4 Å². The van der Waals surface area contributed by atoms with Crippen LogP contribution in [-0.4, -0.2) is 37.0 Å². The summed E-state index contributed by atoms with van der Waals surface area (Å²) < 4.78 is 0. The van der Waals surface area contributed by atoms with Gasteiger partial charge in [0.2, 0.25) is 0 Å². The molecular formula is C30H50N4P2Pd+2. The summed E-state index contributed by atoms with van der Waals surface area (Å²) in [6, 6.07) is 11.7. The molecule has 0 atom stereocenters. The van der Waals surface area contributed by atoms with Crippen LogP contribution in [0, 0.1) is 50.6 Å². The molecule has 0 aliphatic heterocycles. The van der Waals surface area contributed by atoms with Crippen LogP contribution in [-0.2, 0) is 20.4 Å². The molecule has 7 heteroatoms. The number of benzene rings is 2. The van der Waals surface area contributed by atoms with Crippen molar-refractivity contribution < 1.29 is 20.4 Å². The second-order valence-electron chi connectivity index (χ2n) is 8.53. The molecule has 0 saturated carbocycles. The van der Waals surface area contributed by atoms with Gasteiger partial charge in [0.1, 0.15) is 0 Å². The van der Waals surface area contributed by atoms with Crippen LogP contribution in [0.2, 0.25) is 0 Å². The molecule has 208 valence electrons. The predicted molar refractivity (Wildman–Crippen MR) is 169 cm³/mol. The smallest absolute Gasteiger partial charge is 0.494 e. The first-order valence-corrected chi connectivity index (χ1v) is 17.4. The first-order valence-electron chi connectivity index (χ1n) is 13.2. The zero-order valence-electron chi connectivity index (χ0n) is 24.8. The fourth-order valence-corrected chi connectivity index (χ4v) is 6.56. The number of aryl methyl sites for hydroxylation is 4. The van der Waals surface area contributed by atoms with Gasteiger partial charge in [0.25, 0.3) is 0 Å². The van der Waals surface area contributed by atoms with Gasteiger partial charge in [-0.15, -0.1) is 0 Å². The average molecular weight is 635 g/mol. The van der Waals surface area contributed by atoms with Crippen molar-refractivity contribution >= 4 is 27.2 Å². The van der Waals surface area contributed by atoms with E-state index >= 15 is 0 Å². The van der Waals surface area contributed by atoms with Gasteiger partial charge in [-0.05, 0) is 119 Å². The summed E-state index contributed by atoms with van der Waals surface area (Å²) >= 11 is 0. The van der Waals surface area contributed by atoms with Crippen molar-refractivity contribution in [3.63, 3.8) is 0 Å². The van der Waals surface area contributed by atoms with Crippen molar-refractivity contribution in [2.75, 3.05) is 37.0 Å². The topological polar surface area (TPSA) is 75.8 Å². The Hall–Kier alpha value is -1.46. The molecule has 0 heterocycles. The molecule has 0 aromatic heterocycles. The molecule has 2 aromatic rings. The molecule has 37 heavy (non-hydrogen) atoms. The van der Waals surface area contributed by atoms with Gasteiger partial charge < -0.3 is 21.2 Å². The fraction of sp³-hybridized carbons (Fsp3) is 0.533. The molecule has 0 spiro atoms. The van der Waals surface area contributed by atoms with E-state index in [1.807, 2.05) is 64.1 Å². The molecule has 0 aliphatic rings. The molecule has 0 aliphatic carbocycles. The number of para-hydroxylation sites is 2. The third-order valence-corrected chi connectivity index (χ3v) is 12.2. The fourth-order valence-electron chi connectivity index (χ4n) is 3.56. The monoisotopic (exact) mass is 634 g/mol. The molecule has 4 nitrogen and oxygen atoms in total. The molecule has 0 saturated heterocycles. The molecule has 2 aromatic carbocycles. The first-order chi connectivity index (χ1) is 17.2. The Kier molecular flexibility index (Phi) is 28.3. The average Bonchev–Trinajstić information content (AvgIpc) is 2.87. The van der Waals surface area contributed by atoms with E-state index in [0.717, 1.165) is 33.6 Å². The minimum Gasteiger partial charge on any atom is -0.494 e. The number of hydrogen-bond acceptors (Lipinski definition) is 2. The molecule has 0 N–H and O–H groups in total. The van der Waals surface area contributed by atoms with Crippen molar-refractivity contribution in [1.29, 1.82) is 10.5 Å². The van der Waals surface area contributed by atoms with Gasteiger partial charge >= 0.3 is 20.4 Å². The third-order valence-electron chi connectivity index (χ3n) is 6.20. The molecule has 0 fully saturated rings. The van der Waals surface area contributed by atoms with Gasteiger partial charge in [-0.1, -0.05) is 48.8 Å². The molecular weight excluding hydrogens is 585 g/mol. The van der Waals surface area contributed by atoms with E-state index < -0.39 is 0 Å². The van der Waals surface area contributed by atoms with Crippen LogP contribution in [0.5, 0.6) is 0 Å². The van der Waals surface area contributed by atoms with E-state index in [0.29, 0.717) is 0 Å². The van der Waals surface area contributed by atoms with E-state index in [9.17, 15) is 0 Å². The quantitative estimate of drug-likeness (QED) is 0.165. The molecule has 0 bridgehead atoms. The zero-order chi connectivity index (χ0) is 27.9. The van der Waals surface area contributed by atoms with Crippen molar-refractivity contribution in [1.82, 2.24) is 0 Å². The van der Waals surface area contributed by atoms with E-state index in [-0.39, 0.29) is 36.3 Å². The molecule has 0 amide bonds. The Morgan fingerprint density at radius 2 is 0.757 bits per heavy atom. The van der Waals surface area contributed by atoms with Gasteiger partial charge in [-0.25, -0.2) is 0 Å². The SMILES string of the molecule is CC[PH+](CC)CC.CC[PH+](CC)CC.Cc1cccc(C)c1[N-]C#N.Cc1cccc(C)c1[N-]C#N.[Pd+2]. The number of nitrogens with zero attached hydrogens (tertiary/aromatic N) is 4. The number of rotatable bonds is 8. The van der Waals surface area contributed by atoms with Crippen LogP contribution < -0.4 is 0 Å². The van der Waals surface area contributed by atoms with Crippen LogP contribution >= 0.6 is 15.8 Å². The summed E-state index contributed by atoms with van der Waals surface area (Å²) in [5.41, 5.74) is 5.79. The van der Waals surface area contributed by atoms with Gasteiger partial charge in [0.05, 0.1) is 37.0 Å². The second kappa shape index (κ2) is 26.2. The maximum atomic E-state index is 8.35. The summed E-state index contributed by atoms with van der Waals surface area (Å²) in [6.07, 6.45) is 12.3. The second-order valence-corrected chi connectivity index (χ2v) is 15.8. The normalized spacial score (nSPS) is 9.14. The van der Waals surface area contributed by atoms with E-state index in [1.165, 1.54) is 37.0 Å². The van der Waals surface area contributed by atoms with Gasteiger partial charge in [0.15, 0.2) is 0 Å². The van der Waals surface area contributed by atoms with Gasteiger partial charge in [-0.3, -0.25) is 0 Å². The van der Waals surface area contributed by atoms with Gasteiger partial charge in [-0.2, -0.15) is 0 Å². The third kappa shape index (κ3) is 18.4. The van der Waals surface area contributed by atoms with Crippen LogP contribution in [0.4, 0.5) is 11.4 Å². The zero-order valence-corrected chi connectivity index (χ0v) is 28.4. The van der Waals surface area contributed by atoms with Crippen LogP contribution in [0.3, 0.4) is 0 Å². The molecule has 0 radical (unpaired) electrons. The summed E-state index contributed by atoms with van der Waals surface area (Å²) in [5, 5.41) is 24.1. The Bertz CT molecular complexity index is 788. The minimum atomic E-state index is 0. The maximum Gasteiger partial charge on any atom is 2.00 e. The van der Waals surface area contributed by atoms with Crippen LogP contribution in [0.1, 0.15) is 63.8 Å². The number of nitriles is 2. The van der Waals surface area contributed by atoms with E-state index in [4.69, 9.17) is 10.5 Å². The standard InChI is InChI=1S/2C9H9N2.2C6H15P.Pd/c2*1-7-4-3-5-8(2)9(7)11-6-10;2*1-4-7(5-2)6-3;/h2*3-5H,1-2H3;2*4-6H2,1-3H3;/q2*-1;;;+2/p+2. The predicted octanol–water partition coefficient (Wildman–Crippen LogP) is 10.1. The van der Waals surface area contributed by atoms with Gasteiger partial charge in [0, 0.05) is 0 Å². The Morgan fingerprint density at radius 3 is 0.892 bits per heavy atom. The Balaban J connectivity index is -0.000000424. The minimum absolute atomic E-state index is 0. The molecule has 2 rings (SSSR count). The summed E-state index contributed by atoms with van der Waals surface area (Å²) in [6.45, 7) is 21.6. The Morgan fingerprint density at radius 1 is 0.541 bits per heavy atom. The van der Waals surface area contributed by atoms with Crippen molar-refractivity contribution in [2.24, 2.45) is 0 Å². The van der Waals surface area contributed by atoms with Crippen molar-refractivity contribution in [2.45, 2.75) is 69.2 Å². The van der Waals surface area contributed by atoms with Crippen molar-refractivity contribution in [3.8, 4) is 12.4 Å². The van der Waals surface area contributed by atoms with Crippen LogP contribution in [0.25, 0.3) is 10.6 Å². The summed E-state index contributed by atoms with van der Waals surface area (Å²) in [7, 11) is 0.275. The van der Waals surface area contributed by atoms with E-state index in [2.05, 4.69) is 52.2 Å². The van der Waals surface area contributed by atoms with Crippen molar-refractivity contribution in [3.05, 3.63) is 69.3 Å². The number of hydrogen-bond donors (Lipinski definition) is 0. The summed E-state index contributed by atoms with van der Waals surface area (Å²) in [5.74, 6) is 0. The van der Waals surface area contributed by atoms with Crippen LogP contribution in [0.15, 0.2) is 36.4 Å². The molecule has 0 unspecified atom stereocenters. The Labute approximate surface area is 245 Å². The maximum absolute atomic E-state index is 8.35. The summed E-state index contributed by atoms with van der Waals surface area (Å²) in [4.78, 5) is 0. The first kappa shape index (κ1) is 40.0.